The fraction of sp³-hybridized carbons (Fsp3) is 0.462. The first-order chi connectivity index (χ1) is 8.07. The van der Waals surface area contributed by atoms with Gasteiger partial charge in [0.15, 0.2) is 11.5 Å². The highest BCUT2D eigenvalue weighted by Crippen LogP contribution is 2.33. The van der Waals surface area contributed by atoms with Crippen molar-refractivity contribution in [2.45, 2.75) is 39.0 Å². The molecular formula is C13H19NO3. The van der Waals surface area contributed by atoms with Crippen LogP contribution in [0.1, 0.15) is 49.4 Å². The van der Waals surface area contributed by atoms with Crippen molar-refractivity contribution < 1.29 is 15.0 Å². The number of hydrogen-bond donors (Lipinski definition) is 3. The molecule has 0 spiro atoms. The van der Waals surface area contributed by atoms with E-state index in [0.717, 1.165) is 25.7 Å². The highest BCUT2D eigenvalue weighted by Gasteiger charge is 2.15. The second-order valence-electron chi connectivity index (χ2n) is 4.13. The van der Waals surface area contributed by atoms with Crippen molar-refractivity contribution in [2.24, 2.45) is 0 Å². The molecule has 0 aliphatic rings. The van der Waals surface area contributed by atoms with Crippen LogP contribution in [0.4, 0.5) is 5.69 Å². The van der Waals surface area contributed by atoms with Crippen LogP contribution in [0.25, 0.3) is 0 Å². The zero-order valence-corrected chi connectivity index (χ0v) is 10.1. The van der Waals surface area contributed by atoms with Crippen molar-refractivity contribution in [3.05, 3.63) is 17.7 Å². The predicted octanol–water partition coefficient (Wildman–Crippen LogP) is 2.83. The number of ketones is 1. The average Bonchev–Trinajstić information content (AvgIpc) is 2.31. The normalized spacial score (nSPS) is 10.4. The van der Waals surface area contributed by atoms with E-state index in [4.69, 9.17) is 5.73 Å². The number of nitrogens with two attached hydrogens (primary N) is 1. The second kappa shape index (κ2) is 6.13. The zero-order valence-electron chi connectivity index (χ0n) is 10.1. The van der Waals surface area contributed by atoms with Gasteiger partial charge >= 0.3 is 0 Å². The molecule has 0 fully saturated rings. The number of nitrogen functional groups attached to an aromatic ring is 1. The maximum atomic E-state index is 11.8. The maximum Gasteiger partial charge on any atom is 0.166 e. The molecule has 0 radical (unpaired) electrons. The first kappa shape index (κ1) is 13.4. The standard InChI is InChI=1S/C13H19NO3/c1-2-3-4-5-6-10(15)9-7-8-11(16)12(14)13(9)17/h7-8,16-17H,2-6,14H2,1H3. The second-order valence-corrected chi connectivity index (χ2v) is 4.13. The number of carbonyl (C=O) groups excluding carboxylic acids is 1. The Bertz CT molecular complexity index is 402. The summed E-state index contributed by atoms with van der Waals surface area (Å²) in [6, 6.07) is 2.73. The van der Waals surface area contributed by atoms with Gasteiger partial charge in [0.2, 0.25) is 0 Å². The number of phenolic OH excluding ortho intramolecular Hbond substituents is 2. The molecule has 1 aromatic rings. The minimum absolute atomic E-state index is 0.134. The average molecular weight is 237 g/mol. The molecule has 0 atom stereocenters. The van der Waals surface area contributed by atoms with Crippen LogP contribution in [-0.4, -0.2) is 16.0 Å². The Labute approximate surface area is 101 Å². The highest BCUT2D eigenvalue weighted by atomic mass is 16.3. The lowest BCUT2D eigenvalue weighted by Gasteiger charge is -2.07. The van der Waals surface area contributed by atoms with Gasteiger partial charge in [0.25, 0.3) is 0 Å². The monoisotopic (exact) mass is 237 g/mol. The van der Waals surface area contributed by atoms with E-state index in [-0.39, 0.29) is 28.5 Å². The number of anilines is 1. The summed E-state index contributed by atoms with van der Waals surface area (Å²) in [6.45, 7) is 2.11. The predicted molar refractivity (Wildman–Crippen MR) is 67.3 cm³/mol. The van der Waals surface area contributed by atoms with Crippen LogP contribution >= 0.6 is 0 Å². The van der Waals surface area contributed by atoms with Gasteiger partial charge in [-0.25, -0.2) is 0 Å². The maximum absolute atomic E-state index is 11.8. The molecule has 0 amide bonds. The smallest absolute Gasteiger partial charge is 0.166 e. The Morgan fingerprint density at radius 2 is 1.94 bits per heavy atom. The van der Waals surface area contributed by atoms with Crippen LogP contribution in [-0.2, 0) is 0 Å². The summed E-state index contributed by atoms with van der Waals surface area (Å²) in [7, 11) is 0. The van der Waals surface area contributed by atoms with Crippen LogP contribution < -0.4 is 5.73 Å². The van der Waals surface area contributed by atoms with Crippen LogP contribution in [0.5, 0.6) is 11.5 Å². The van der Waals surface area contributed by atoms with E-state index in [1.165, 1.54) is 12.1 Å². The summed E-state index contributed by atoms with van der Waals surface area (Å²) >= 11 is 0. The quantitative estimate of drug-likeness (QED) is 0.307. The Morgan fingerprint density at radius 1 is 1.24 bits per heavy atom. The summed E-state index contributed by atoms with van der Waals surface area (Å²) in [5.41, 5.74) is 5.50. The van der Waals surface area contributed by atoms with Gasteiger partial charge in [-0.3, -0.25) is 4.79 Å². The Morgan fingerprint density at radius 3 is 2.59 bits per heavy atom. The van der Waals surface area contributed by atoms with Gasteiger partial charge in [0.05, 0.1) is 5.56 Å². The van der Waals surface area contributed by atoms with Crippen molar-refractivity contribution in [3.8, 4) is 11.5 Å². The summed E-state index contributed by atoms with van der Waals surface area (Å²) in [5.74, 6) is -0.652. The van der Waals surface area contributed by atoms with Crippen molar-refractivity contribution in [1.82, 2.24) is 0 Å². The lowest BCUT2D eigenvalue weighted by molar-refractivity contribution is 0.0976. The first-order valence-corrected chi connectivity index (χ1v) is 5.91. The number of phenols is 2. The van der Waals surface area contributed by atoms with E-state index in [2.05, 4.69) is 6.92 Å². The zero-order chi connectivity index (χ0) is 12.8. The molecule has 0 aliphatic heterocycles. The molecule has 94 valence electrons. The number of carbonyl (C=O) groups is 1. The molecule has 0 heterocycles. The van der Waals surface area contributed by atoms with Crippen LogP contribution in [0, 0.1) is 0 Å². The molecule has 0 aromatic heterocycles. The van der Waals surface area contributed by atoms with Crippen molar-refractivity contribution in [3.63, 3.8) is 0 Å². The molecule has 4 N–H and O–H groups in total. The number of aromatic hydroxyl groups is 2. The van der Waals surface area contributed by atoms with Crippen LogP contribution in [0.3, 0.4) is 0 Å². The fourth-order valence-electron chi connectivity index (χ4n) is 1.67. The Hall–Kier alpha value is -1.71. The van der Waals surface area contributed by atoms with E-state index in [1.54, 1.807) is 0 Å². The number of benzene rings is 1. The summed E-state index contributed by atoms with van der Waals surface area (Å²) in [5, 5.41) is 18.9. The van der Waals surface area contributed by atoms with Crippen molar-refractivity contribution >= 4 is 11.5 Å². The van der Waals surface area contributed by atoms with Gasteiger partial charge in [-0.2, -0.15) is 0 Å². The van der Waals surface area contributed by atoms with E-state index < -0.39 is 0 Å². The van der Waals surface area contributed by atoms with Gasteiger partial charge in [-0.05, 0) is 18.6 Å². The first-order valence-electron chi connectivity index (χ1n) is 5.91. The van der Waals surface area contributed by atoms with Gasteiger partial charge in [-0.15, -0.1) is 0 Å². The summed E-state index contributed by atoms with van der Waals surface area (Å²) < 4.78 is 0. The van der Waals surface area contributed by atoms with E-state index in [1.807, 2.05) is 0 Å². The lowest BCUT2D eigenvalue weighted by Crippen LogP contribution is -2.01. The molecule has 0 saturated carbocycles. The van der Waals surface area contributed by atoms with E-state index in [0.29, 0.717) is 6.42 Å². The minimum Gasteiger partial charge on any atom is -0.506 e. The number of rotatable bonds is 6. The molecule has 0 saturated heterocycles. The molecule has 1 aromatic carbocycles. The molecular weight excluding hydrogens is 218 g/mol. The van der Waals surface area contributed by atoms with Gasteiger partial charge in [0.1, 0.15) is 11.4 Å². The highest BCUT2D eigenvalue weighted by molar-refractivity contribution is 6.00. The van der Waals surface area contributed by atoms with Crippen LogP contribution in [0.2, 0.25) is 0 Å². The minimum atomic E-state index is -0.314. The SMILES string of the molecule is CCCCCCC(=O)c1ccc(O)c(N)c1O. The third kappa shape index (κ3) is 3.37. The van der Waals surface area contributed by atoms with E-state index >= 15 is 0 Å². The molecule has 4 heteroatoms. The molecule has 1 rings (SSSR count). The number of Topliss-reactive ketones (excluding diaryl/α,β-unsaturated/α-hetero) is 1. The van der Waals surface area contributed by atoms with Gasteiger partial charge in [0, 0.05) is 6.42 Å². The third-order valence-corrected chi connectivity index (χ3v) is 2.75. The van der Waals surface area contributed by atoms with Crippen molar-refractivity contribution in [2.75, 3.05) is 5.73 Å². The largest absolute Gasteiger partial charge is 0.506 e. The van der Waals surface area contributed by atoms with Gasteiger partial charge < -0.3 is 15.9 Å². The fourth-order valence-corrected chi connectivity index (χ4v) is 1.67. The number of unbranched alkanes of at least 4 members (excludes halogenated alkanes) is 3. The summed E-state index contributed by atoms with van der Waals surface area (Å²) in [4.78, 5) is 11.8. The molecule has 4 nitrogen and oxygen atoms in total. The van der Waals surface area contributed by atoms with Crippen LogP contribution in [0.15, 0.2) is 12.1 Å². The number of hydrogen-bond acceptors (Lipinski definition) is 4. The molecule has 17 heavy (non-hydrogen) atoms. The van der Waals surface area contributed by atoms with Crippen molar-refractivity contribution in [1.29, 1.82) is 0 Å². The van der Waals surface area contributed by atoms with Gasteiger partial charge in [-0.1, -0.05) is 26.2 Å². The molecule has 0 bridgehead atoms. The van der Waals surface area contributed by atoms with E-state index in [9.17, 15) is 15.0 Å². The summed E-state index contributed by atoms with van der Waals surface area (Å²) in [6.07, 6.45) is 4.45. The lowest BCUT2D eigenvalue weighted by atomic mass is 10.0. The molecule has 0 aliphatic carbocycles. The Kier molecular flexibility index (Phi) is 4.82. The molecule has 0 unspecified atom stereocenters. The Balaban J connectivity index is 2.66. The topological polar surface area (TPSA) is 83.5 Å². The third-order valence-electron chi connectivity index (χ3n) is 2.75.